The Labute approximate surface area is 191 Å². The fraction of sp³-hybridized carbons (Fsp3) is 0.417. The van der Waals surface area contributed by atoms with Crippen LogP contribution >= 0.6 is 11.8 Å². The average Bonchev–Trinajstić information content (AvgIpc) is 3.60. The largest absolute Gasteiger partial charge is 0.334 e. The van der Waals surface area contributed by atoms with Gasteiger partial charge in [0.05, 0.1) is 22.4 Å². The monoisotopic (exact) mass is 445 g/mol. The van der Waals surface area contributed by atoms with Crippen molar-refractivity contribution in [3.63, 3.8) is 0 Å². The number of rotatable bonds is 6. The van der Waals surface area contributed by atoms with Gasteiger partial charge in [-0.2, -0.15) is 0 Å². The molecule has 2 aliphatic rings. The van der Waals surface area contributed by atoms with E-state index < -0.39 is 0 Å². The zero-order valence-electron chi connectivity index (χ0n) is 18.2. The quantitative estimate of drug-likeness (QED) is 0.386. The molecule has 0 amide bonds. The minimum Gasteiger partial charge on any atom is -0.334 e. The molecule has 32 heavy (non-hydrogen) atoms. The average molecular weight is 446 g/mol. The highest BCUT2D eigenvalue weighted by molar-refractivity contribution is 7.98. The maximum Gasteiger partial charge on any atom is 0.160 e. The van der Waals surface area contributed by atoms with Gasteiger partial charge in [-0.1, -0.05) is 0 Å². The van der Waals surface area contributed by atoms with Gasteiger partial charge in [0.25, 0.3) is 0 Å². The SMILES string of the molecule is CSc1cc2c(-c3nc(CNC4CCNCC4)c4c(C5CC5)cncc4n3)ccnc2[nH]1. The lowest BCUT2D eigenvalue weighted by molar-refractivity contribution is 0.385. The number of thioether (sulfide) groups is 1. The predicted octanol–water partition coefficient (Wildman–Crippen LogP) is 4.01. The van der Waals surface area contributed by atoms with Crippen LogP contribution in [0.1, 0.15) is 42.9 Å². The van der Waals surface area contributed by atoms with Crippen LogP contribution in [0.4, 0.5) is 0 Å². The van der Waals surface area contributed by atoms with Crippen LogP contribution in [0, 0.1) is 0 Å². The van der Waals surface area contributed by atoms with Crippen molar-refractivity contribution in [1.82, 2.24) is 35.6 Å². The number of hydrogen-bond acceptors (Lipinski definition) is 7. The number of H-pyrrole nitrogens is 1. The first-order valence-corrected chi connectivity index (χ1v) is 12.6. The number of aromatic amines is 1. The summed E-state index contributed by atoms with van der Waals surface area (Å²) in [6, 6.07) is 4.68. The van der Waals surface area contributed by atoms with Gasteiger partial charge in [-0.05, 0) is 68.6 Å². The van der Waals surface area contributed by atoms with Gasteiger partial charge in [-0.15, -0.1) is 11.8 Å². The molecular formula is C24H27N7S. The third-order valence-corrected chi connectivity index (χ3v) is 7.25. The second-order valence-corrected chi connectivity index (χ2v) is 9.60. The zero-order valence-corrected chi connectivity index (χ0v) is 19.0. The smallest absolute Gasteiger partial charge is 0.160 e. The molecule has 7 nitrogen and oxygen atoms in total. The number of pyridine rings is 2. The van der Waals surface area contributed by atoms with E-state index in [0.29, 0.717) is 12.0 Å². The molecule has 164 valence electrons. The van der Waals surface area contributed by atoms with Crippen molar-refractivity contribution < 1.29 is 0 Å². The Hall–Kier alpha value is -2.55. The van der Waals surface area contributed by atoms with E-state index in [1.807, 2.05) is 24.7 Å². The number of nitrogens with zero attached hydrogens (tertiary/aromatic N) is 4. The van der Waals surface area contributed by atoms with E-state index in [1.165, 1.54) is 23.8 Å². The fourth-order valence-corrected chi connectivity index (χ4v) is 5.15. The molecule has 1 saturated heterocycles. The molecule has 0 unspecified atom stereocenters. The lowest BCUT2D eigenvalue weighted by Gasteiger charge is -2.24. The Morgan fingerprint density at radius 1 is 1.12 bits per heavy atom. The summed E-state index contributed by atoms with van der Waals surface area (Å²) in [5.41, 5.74) is 5.20. The Kier molecular flexibility index (Phi) is 5.29. The van der Waals surface area contributed by atoms with Gasteiger partial charge in [0.1, 0.15) is 5.65 Å². The van der Waals surface area contributed by atoms with Gasteiger partial charge in [0.2, 0.25) is 0 Å². The second kappa shape index (κ2) is 8.42. The van der Waals surface area contributed by atoms with Crippen LogP contribution in [0.5, 0.6) is 0 Å². The van der Waals surface area contributed by atoms with Crippen molar-refractivity contribution in [2.75, 3.05) is 19.3 Å². The molecule has 5 heterocycles. The Balaban J connectivity index is 1.47. The lowest BCUT2D eigenvalue weighted by atomic mass is 10.0. The van der Waals surface area contributed by atoms with E-state index >= 15 is 0 Å². The number of hydrogen-bond donors (Lipinski definition) is 3. The molecular weight excluding hydrogens is 418 g/mol. The van der Waals surface area contributed by atoms with E-state index in [1.54, 1.807) is 11.8 Å². The first-order chi connectivity index (χ1) is 15.8. The second-order valence-electron chi connectivity index (χ2n) is 8.75. The molecule has 0 spiro atoms. The summed E-state index contributed by atoms with van der Waals surface area (Å²) in [6.45, 7) is 2.90. The molecule has 1 aliphatic carbocycles. The maximum absolute atomic E-state index is 5.15. The minimum absolute atomic E-state index is 0.525. The molecule has 2 fully saturated rings. The van der Waals surface area contributed by atoms with Gasteiger partial charge >= 0.3 is 0 Å². The van der Waals surface area contributed by atoms with E-state index in [-0.39, 0.29) is 0 Å². The molecule has 0 radical (unpaired) electrons. The zero-order chi connectivity index (χ0) is 21.5. The summed E-state index contributed by atoms with van der Waals surface area (Å²) in [4.78, 5) is 22.6. The van der Waals surface area contributed by atoms with E-state index in [9.17, 15) is 0 Å². The van der Waals surface area contributed by atoms with Crippen molar-refractivity contribution in [3.8, 4) is 11.4 Å². The molecule has 1 aliphatic heterocycles. The first-order valence-electron chi connectivity index (χ1n) is 11.4. The van der Waals surface area contributed by atoms with Gasteiger partial charge in [-0.3, -0.25) is 4.98 Å². The summed E-state index contributed by atoms with van der Waals surface area (Å²) < 4.78 is 0. The summed E-state index contributed by atoms with van der Waals surface area (Å²) in [5, 5.41) is 10.6. The van der Waals surface area contributed by atoms with Crippen LogP contribution in [0.3, 0.4) is 0 Å². The summed E-state index contributed by atoms with van der Waals surface area (Å²) in [5.74, 6) is 1.34. The van der Waals surface area contributed by atoms with E-state index in [0.717, 1.165) is 71.1 Å². The topological polar surface area (TPSA) is 91.4 Å². The van der Waals surface area contributed by atoms with Crippen LogP contribution in [-0.4, -0.2) is 50.3 Å². The van der Waals surface area contributed by atoms with Gasteiger partial charge < -0.3 is 15.6 Å². The van der Waals surface area contributed by atoms with Gasteiger partial charge in [0, 0.05) is 41.3 Å². The number of fused-ring (bicyclic) bond motifs is 2. The molecule has 0 aromatic carbocycles. The first kappa shape index (κ1) is 20.1. The maximum atomic E-state index is 5.15. The summed E-state index contributed by atoms with van der Waals surface area (Å²) >= 11 is 1.68. The molecule has 0 atom stereocenters. The van der Waals surface area contributed by atoms with Gasteiger partial charge in [-0.25, -0.2) is 15.0 Å². The molecule has 6 rings (SSSR count). The highest BCUT2D eigenvalue weighted by atomic mass is 32.2. The van der Waals surface area contributed by atoms with E-state index in [2.05, 4.69) is 37.9 Å². The predicted molar refractivity (Wildman–Crippen MR) is 129 cm³/mol. The fourth-order valence-electron chi connectivity index (χ4n) is 4.71. The van der Waals surface area contributed by atoms with Crippen LogP contribution in [0.2, 0.25) is 0 Å². The summed E-state index contributed by atoms with van der Waals surface area (Å²) in [6.07, 6.45) is 12.6. The standard InChI is InChI=1S/C24H27N7S/c1-32-21-10-17-16(6-9-27-23(17)31-21)24-29-19-12-26-11-18(14-2-3-14)22(19)20(30-24)13-28-15-4-7-25-8-5-15/h6,9-12,14-15,25,28H,2-5,7-8,13H2,1H3,(H,27,31). The highest BCUT2D eigenvalue weighted by Gasteiger charge is 2.28. The highest BCUT2D eigenvalue weighted by Crippen LogP contribution is 2.43. The van der Waals surface area contributed by atoms with Crippen molar-refractivity contribution >= 4 is 33.7 Å². The van der Waals surface area contributed by atoms with Crippen molar-refractivity contribution in [2.45, 2.75) is 49.2 Å². The van der Waals surface area contributed by atoms with E-state index in [4.69, 9.17) is 9.97 Å². The molecule has 3 N–H and O–H groups in total. The van der Waals surface area contributed by atoms with Gasteiger partial charge in [0.15, 0.2) is 5.82 Å². The summed E-state index contributed by atoms with van der Waals surface area (Å²) in [7, 11) is 0. The lowest BCUT2D eigenvalue weighted by Crippen LogP contribution is -2.39. The Morgan fingerprint density at radius 3 is 2.81 bits per heavy atom. The third-order valence-electron chi connectivity index (χ3n) is 6.59. The van der Waals surface area contributed by atoms with Crippen LogP contribution in [0.15, 0.2) is 35.7 Å². The van der Waals surface area contributed by atoms with Crippen molar-refractivity contribution in [3.05, 3.63) is 42.0 Å². The van der Waals surface area contributed by atoms with Crippen molar-refractivity contribution in [1.29, 1.82) is 0 Å². The van der Waals surface area contributed by atoms with Crippen LogP contribution in [0.25, 0.3) is 33.3 Å². The molecule has 0 bridgehead atoms. The number of nitrogens with one attached hydrogen (secondary N) is 3. The molecule has 1 saturated carbocycles. The number of aromatic nitrogens is 5. The normalized spacial score (nSPS) is 17.4. The van der Waals surface area contributed by atoms with Crippen molar-refractivity contribution in [2.24, 2.45) is 0 Å². The molecule has 4 aromatic heterocycles. The minimum atomic E-state index is 0.525. The van der Waals surface area contributed by atoms with Crippen LogP contribution < -0.4 is 10.6 Å². The Bertz CT molecular complexity index is 1270. The molecule has 8 heteroatoms. The Morgan fingerprint density at radius 2 is 2.00 bits per heavy atom. The molecule has 4 aromatic rings. The van der Waals surface area contributed by atoms with Crippen LogP contribution in [-0.2, 0) is 6.54 Å². The number of piperidine rings is 1. The third kappa shape index (κ3) is 3.76.